The second kappa shape index (κ2) is 5.65. The lowest BCUT2D eigenvalue weighted by Crippen LogP contribution is -1.97. The summed E-state index contributed by atoms with van der Waals surface area (Å²) in [6.07, 6.45) is 0.859. The molecule has 2 N–H and O–H groups in total. The minimum absolute atomic E-state index is 0.548. The average Bonchev–Trinajstić information content (AvgIpc) is 2.41. The molecule has 0 bridgehead atoms. The maximum Gasteiger partial charge on any atom is 0.148 e. The third-order valence-electron chi connectivity index (χ3n) is 2.79. The first-order valence-corrected chi connectivity index (χ1v) is 6.16. The lowest BCUT2D eigenvalue weighted by atomic mass is 10.2. The topological polar surface area (TPSA) is 48.1 Å². The van der Waals surface area contributed by atoms with Crippen LogP contribution in [0.15, 0.2) is 36.4 Å². The molecule has 0 aliphatic heterocycles. The molecular formula is C15H18N2O. The van der Waals surface area contributed by atoms with Crippen LogP contribution in [0.4, 0.5) is 0 Å². The maximum absolute atomic E-state index is 5.85. The van der Waals surface area contributed by atoms with E-state index >= 15 is 0 Å². The fourth-order valence-electron chi connectivity index (χ4n) is 1.76. The number of pyridine rings is 1. The summed E-state index contributed by atoms with van der Waals surface area (Å²) in [6.45, 7) is 4.61. The van der Waals surface area contributed by atoms with Crippen molar-refractivity contribution >= 4 is 0 Å². The zero-order chi connectivity index (χ0) is 13.0. The van der Waals surface area contributed by atoms with Gasteiger partial charge in [0.05, 0.1) is 5.69 Å². The summed E-state index contributed by atoms with van der Waals surface area (Å²) in [7, 11) is 0. The monoisotopic (exact) mass is 242 g/mol. The van der Waals surface area contributed by atoms with E-state index in [4.69, 9.17) is 10.5 Å². The van der Waals surface area contributed by atoms with Gasteiger partial charge in [-0.3, -0.25) is 4.98 Å². The summed E-state index contributed by atoms with van der Waals surface area (Å²) in [5, 5.41) is 0. The predicted molar refractivity (Wildman–Crippen MR) is 72.8 cm³/mol. The van der Waals surface area contributed by atoms with Crippen molar-refractivity contribution in [2.45, 2.75) is 26.8 Å². The Bertz CT molecular complexity index is 521. The maximum atomic E-state index is 5.85. The largest absolute Gasteiger partial charge is 0.455 e. The Labute approximate surface area is 108 Å². The van der Waals surface area contributed by atoms with E-state index in [0.717, 1.165) is 34.9 Å². The molecule has 0 fully saturated rings. The van der Waals surface area contributed by atoms with Crippen molar-refractivity contribution in [3.8, 4) is 11.5 Å². The van der Waals surface area contributed by atoms with Gasteiger partial charge in [-0.05, 0) is 43.2 Å². The molecule has 0 saturated carbocycles. The van der Waals surface area contributed by atoms with Gasteiger partial charge in [-0.2, -0.15) is 0 Å². The minimum Gasteiger partial charge on any atom is -0.455 e. The van der Waals surface area contributed by atoms with E-state index in [2.05, 4.69) is 11.9 Å². The molecule has 3 nitrogen and oxygen atoms in total. The third-order valence-corrected chi connectivity index (χ3v) is 2.79. The minimum atomic E-state index is 0.548. The fourth-order valence-corrected chi connectivity index (χ4v) is 1.76. The molecule has 18 heavy (non-hydrogen) atoms. The summed E-state index contributed by atoms with van der Waals surface area (Å²) in [5.41, 5.74) is 8.66. The zero-order valence-electron chi connectivity index (χ0n) is 10.8. The van der Waals surface area contributed by atoms with E-state index in [-0.39, 0.29) is 0 Å². The lowest BCUT2D eigenvalue weighted by Gasteiger charge is -2.10. The van der Waals surface area contributed by atoms with Gasteiger partial charge in [-0.25, -0.2) is 0 Å². The summed E-state index contributed by atoms with van der Waals surface area (Å²) in [6, 6.07) is 11.7. The van der Waals surface area contributed by atoms with Crippen LogP contribution in [0.25, 0.3) is 0 Å². The van der Waals surface area contributed by atoms with Gasteiger partial charge in [-0.15, -0.1) is 0 Å². The highest BCUT2D eigenvalue weighted by Crippen LogP contribution is 2.25. The Morgan fingerprint density at radius 3 is 2.44 bits per heavy atom. The second-order valence-electron chi connectivity index (χ2n) is 4.20. The van der Waals surface area contributed by atoms with Crippen molar-refractivity contribution in [3.05, 3.63) is 53.3 Å². The molecule has 0 radical (unpaired) electrons. The van der Waals surface area contributed by atoms with E-state index in [0.29, 0.717) is 6.54 Å². The van der Waals surface area contributed by atoms with Crippen LogP contribution in [0.5, 0.6) is 11.5 Å². The van der Waals surface area contributed by atoms with Gasteiger partial charge in [0.2, 0.25) is 0 Å². The molecule has 3 heteroatoms. The standard InChI is InChI=1S/C15H18N2O/c1-3-14-15(9-4-11(2)17-14)18-13-7-5-12(10-16)6-8-13/h4-9H,3,10,16H2,1-2H3. The van der Waals surface area contributed by atoms with Gasteiger partial charge >= 0.3 is 0 Å². The molecule has 0 atom stereocenters. The molecule has 0 amide bonds. The van der Waals surface area contributed by atoms with Crippen LogP contribution in [0.2, 0.25) is 0 Å². The van der Waals surface area contributed by atoms with Gasteiger partial charge in [0.15, 0.2) is 0 Å². The number of nitrogens with zero attached hydrogens (tertiary/aromatic N) is 1. The Morgan fingerprint density at radius 2 is 1.83 bits per heavy atom. The average molecular weight is 242 g/mol. The Morgan fingerprint density at radius 1 is 1.11 bits per heavy atom. The van der Waals surface area contributed by atoms with Gasteiger partial charge in [0.1, 0.15) is 11.5 Å². The molecule has 2 rings (SSSR count). The molecule has 0 spiro atoms. The van der Waals surface area contributed by atoms with Gasteiger partial charge in [0, 0.05) is 12.2 Å². The number of ether oxygens (including phenoxy) is 1. The normalized spacial score (nSPS) is 10.4. The number of nitrogens with two attached hydrogens (primary N) is 1. The van der Waals surface area contributed by atoms with Crippen LogP contribution in [-0.4, -0.2) is 4.98 Å². The molecule has 1 aromatic heterocycles. The van der Waals surface area contributed by atoms with Gasteiger partial charge in [0.25, 0.3) is 0 Å². The number of benzene rings is 1. The summed E-state index contributed by atoms with van der Waals surface area (Å²) >= 11 is 0. The smallest absolute Gasteiger partial charge is 0.148 e. The van der Waals surface area contributed by atoms with Gasteiger partial charge < -0.3 is 10.5 Å². The molecule has 0 saturated heterocycles. The van der Waals surface area contributed by atoms with Crippen LogP contribution in [0.3, 0.4) is 0 Å². The highest BCUT2D eigenvalue weighted by Gasteiger charge is 2.05. The molecule has 1 aromatic carbocycles. The van der Waals surface area contributed by atoms with E-state index in [1.54, 1.807) is 0 Å². The highest BCUT2D eigenvalue weighted by molar-refractivity contribution is 5.36. The van der Waals surface area contributed by atoms with Crippen LogP contribution >= 0.6 is 0 Å². The van der Waals surface area contributed by atoms with Crippen molar-refractivity contribution < 1.29 is 4.74 Å². The predicted octanol–water partition coefficient (Wildman–Crippen LogP) is 3.20. The van der Waals surface area contributed by atoms with Crippen molar-refractivity contribution in [1.82, 2.24) is 4.98 Å². The summed E-state index contributed by atoms with van der Waals surface area (Å²) < 4.78 is 5.85. The first kappa shape index (κ1) is 12.6. The van der Waals surface area contributed by atoms with E-state index in [9.17, 15) is 0 Å². The molecule has 0 unspecified atom stereocenters. The second-order valence-corrected chi connectivity index (χ2v) is 4.20. The van der Waals surface area contributed by atoms with Crippen molar-refractivity contribution in [1.29, 1.82) is 0 Å². The zero-order valence-corrected chi connectivity index (χ0v) is 10.8. The van der Waals surface area contributed by atoms with E-state index in [1.807, 2.05) is 43.3 Å². The lowest BCUT2D eigenvalue weighted by molar-refractivity contribution is 0.472. The molecule has 0 aliphatic carbocycles. The number of hydrogen-bond acceptors (Lipinski definition) is 3. The first-order chi connectivity index (χ1) is 8.72. The van der Waals surface area contributed by atoms with Crippen LogP contribution in [0.1, 0.15) is 23.9 Å². The molecule has 94 valence electrons. The SMILES string of the molecule is CCc1nc(C)ccc1Oc1ccc(CN)cc1. The summed E-state index contributed by atoms with van der Waals surface area (Å²) in [5.74, 6) is 1.64. The number of hydrogen-bond donors (Lipinski definition) is 1. The Kier molecular flexibility index (Phi) is 3.95. The molecule has 2 aromatic rings. The van der Waals surface area contributed by atoms with Crippen LogP contribution < -0.4 is 10.5 Å². The van der Waals surface area contributed by atoms with Crippen LogP contribution in [0, 0.1) is 6.92 Å². The fraction of sp³-hybridized carbons (Fsp3) is 0.267. The Hall–Kier alpha value is -1.87. The first-order valence-electron chi connectivity index (χ1n) is 6.16. The molecule has 0 aliphatic rings. The third kappa shape index (κ3) is 2.87. The summed E-state index contributed by atoms with van der Waals surface area (Å²) in [4.78, 5) is 4.48. The number of aromatic nitrogens is 1. The van der Waals surface area contributed by atoms with E-state index in [1.165, 1.54) is 0 Å². The van der Waals surface area contributed by atoms with Crippen molar-refractivity contribution in [3.63, 3.8) is 0 Å². The van der Waals surface area contributed by atoms with Crippen molar-refractivity contribution in [2.75, 3.05) is 0 Å². The van der Waals surface area contributed by atoms with Gasteiger partial charge in [-0.1, -0.05) is 19.1 Å². The molecule has 1 heterocycles. The quantitative estimate of drug-likeness (QED) is 0.895. The van der Waals surface area contributed by atoms with E-state index < -0.39 is 0 Å². The van der Waals surface area contributed by atoms with Crippen molar-refractivity contribution in [2.24, 2.45) is 5.73 Å². The number of aryl methyl sites for hydroxylation is 2. The highest BCUT2D eigenvalue weighted by atomic mass is 16.5. The number of rotatable bonds is 4. The molecular weight excluding hydrogens is 224 g/mol. The van der Waals surface area contributed by atoms with Crippen LogP contribution in [-0.2, 0) is 13.0 Å². The Balaban J connectivity index is 2.22.